The summed E-state index contributed by atoms with van der Waals surface area (Å²) in [5.41, 5.74) is 2.71. The zero-order chi connectivity index (χ0) is 17.6. The maximum atomic E-state index is 13.0. The van der Waals surface area contributed by atoms with E-state index in [2.05, 4.69) is 10.3 Å². The Morgan fingerprint density at radius 2 is 1.96 bits per heavy atom. The molecule has 2 aromatic rings. The number of halogens is 2. The Balaban J connectivity index is 1.60. The average Bonchev–Trinajstić information content (AvgIpc) is 3.19. The number of hydrogen-bond acceptors (Lipinski definition) is 3. The summed E-state index contributed by atoms with van der Waals surface area (Å²) in [6, 6.07) is 9.14. The number of hydrogen-bond donors (Lipinski definition) is 1. The first-order valence-corrected chi connectivity index (χ1v) is 9.12. The third kappa shape index (κ3) is 3.14. The van der Waals surface area contributed by atoms with Gasteiger partial charge in [-0.1, -0.05) is 23.2 Å². The smallest absolute Gasteiger partial charge is 0.230 e. The van der Waals surface area contributed by atoms with Crippen LogP contribution in [0.15, 0.2) is 36.5 Å². The van der Waals surface area contributed by atoms with Gasteiger partial charge in [-0.15, -0.1) is 0 Å². The standard InChI is InChI=1S/C19H18Cl2N2O2/c1-10-8-11(6-7-22-10)17-15-4-5-16(25-15)18(17)19(24)23-12-2-3-13(20)14(21)9-12/h2-3,6-9,15-18H,4-5H2,1H3,(H,23,24)/t15-,16+,17-,18-/m1/s1. The summed E-state index contributed by atoms with van der Waals surface area (Å²) in [5, 5.41) is 3.86. The molecule has 6 heteroatoms. The molecule has 2 saturated heterocycles. The summed E-state index contributed by atoms with van der Waals surface area (Å²) < 4.78 is 6.07. The van der Waals surface area contributed by atoms with Crippen LogP contribution in [0, 0.1) is 12.8 Å². The van der Waals surface area contributed by atoms with Crippen molar-refractivity contribution in [1.82, 2.24) is 4.98 Å². The normalized spacial score (nSPS) is 27.5. The molecule has 0 radical (unpaired) electrons. The minimum atomic E-state index is -0.213. The second-order valence-corrected chi connectivity index (χ2v) is 7.50. The summed E-state index contributed by atoms with van der Waals surface area (Å²) in [5.74, 6) is -0.191. The van der Waals surface area contributed by atoms with Crippen molar-refractivity contribution in [2.75, 3.05) is 5.32 Å². The van der Waals surface area contributed by atoms with Crippen LogP contribution in [-0.2, 0) is 9.53 Å². The molecule has 0 unspecified atom stereocenters. The van der Waals surface area contributed by atoms with Crippen molar-refractivity contribution >= 4 is 34.8 Å². The number of nitrogens with zero attached hydrogens (tertiary/aromatic N) is 1. The highest BCUT2D eigenvalue weighted by Crippen LogP contribution is 2.49. The highest BCUT2D eigenvalue weighted by Gasteiger charge is 2.52. The molecule has 1 aromatic heterocycles. The lowest BCUT2D eigenvalue weighted by molar-refractivity contribution is -0.121. The van der Waals surface area contributed by atoms with Crippen LogP contribution in [0.3, 0.4) is 0 Å². The zero-order valence-corrected chi connectivity index (χ0v) is 15.2. The van der Waals surface area contributed by atoms with E-state index in [0.717, 1.165) is 24.1 Å². The lowest BCUT2D eigenvalue weighted by atomic mass is 9.75. The van der Waals surface area contributed by atoms with Crippen molar-refractivity contribution in [1.29, 1.82) is 0 Å². The molecule has 1 aromatic carbocycles. The molecule has 2 fully saturated rings. The molecule has 1 N–H and O–H groups in total. The Kier molecular flexibility index (Phi) is 4.44. The fourth-order valence-corrected chi connectivity index (χ4v) is 4.31. The van der Waals surface area contributed by atoms with Crippen molar-refractivity contribution in [3.05, 3.63) is 57.8 Å². The van der Waals surface area contributed by atoms with E-state index < -0.39 is 0 Å². The second-order valence-electron chi connectivity index (χ2n) is 6.69. The Morgan fingerprint density at radius 1 is 1.16 bits per heavy atom. The number of benzene rings is 1. The molecule has 130 valence electrons. The minimum Gasteiger partial charge on any atom is -0.373 e. The van der Waals surface area contributed by atoms with Crippen molar-refractivity contribution in [2.24, 2.45) is 5.92 Å². The first-order chi connectivity index (χ1) is 12.0. The van der Waals surface area contributed by atoms with Crippen LogP contribution in [0.5, 0.6) is 0 Å². The van der Waals surface area contributed by atoms with E-state index in [9.17, 15) is 4.79 Å². The van der Waals surface area contributed by atoms with Crippen molar-refractivity contribution in [3.63, 3.8) is 0 Å². The fourth-order valence-electron chi connectivity index (χ4n) is 4.01. The van der Waals surface area contributed by atoms with E-state index in [1.165, 1.54) is 0 Å². The maximum Gasteiger partial charge on any atom is 0.230 e. The minimum absolute atomic E-state index is 0.0359. The van der Waals surface area contributed by atoms with Crippen LogP contribution in [0.1, 0.15) is 30.0 Å². The number of fused-ring (bicyclic) bond motifs is 2. The van der Waals surface area contributed by atoms with E-state index in [1.807, 2.05) is 19.1 Å². The lowest BCUT2D eigenvalue weighted by Gasteiger charge is -2.27. The van der Waals surface area contributed by atoms with Crippen molar-refractivity contribution < 1.29 is 9.53 Å². The molecule has 3 heterocycles. The van der Waals surface area contributed by atoms with Gasteiger partial charge < -0.3 is 10.1 Å². The van der Waals surface area contributed by atoms with Crippen molar-refractivity contribution in [3.8, 4) is 0 Å². The summed E-state index contributed by atoms with van der Waals surface area (Å²) in [7, 11) is 0. The van der Waals surface area contributed by atoms with E-state index >= 15 is 0 Å². The van der Waals surface area contributed by atoms with E-state index in [4.69, 9.17) is 27.9 Å². The quantitative estimate of drug-likeness (QED) is 0.851. The monoisotopic (exact) mass is 376 g/mol. The van der Waals surface area contributed by atoms with E-state index in [1.54, 1.807) is 24.4 Å². The van der Waals surface area contributed by atoms with Gasteiger partial charge in [-0.3, -0.25) is 9.78 Å². The first kappa shape index (κ1) is 16.8. The molecule has 0 spiro atoms. The molecular formula is C19H18Cl2N2O2. The topological polar surface area (TPSA) is 51.2 Å². The summed E-state index contributed by atoms with van der Waals surface area (Å²) >= 11 is 12.0. The predicted octanol–water partition coefficient (Wildman–Crippen LogP) is 4.60. The number of aryl methyl sites for hydroxylation is 1. The van der Waals surface area contributed by atoms with Gasteiger partial charge in [0.25, 0.3) is 0 Å². The number of ether oxygens (including phenoxy) is 1. The number of amides is 1. The van der Waals surface area contributed by atoms with Gasteiger partial charge in [-0.05, 0) is 55.7 Å². The molecule has 2 bridgehead atoms. The van der Waals surface area contributed by atoms with Crippen molar-refractivity contribution in [2.45, 2.75) is 37.9 Å². The molecule has 0 aliphatic carbocycles. The second kappa shape index (κ2) is 6.60. The average molecular weight is 377 g/mol. The molecule has 2 aliphatic heterocycles. The van der Waals surface area contributed by atoms with Crippen LogP contribution in [0.25, 0.3) is 0 Å². The molecule has 4 nitrogen and oxygen atoms in total. The van der Waals surface area contributed by atoms with Gasteiger partial charge in [0, 0.05) is 23.5 Å². The largest absolute Gasteiger partial charge is 0.373 e. The van der Waals surface area contributed by atoms with Gasteiger partial charge in [0.15, 0.2) is 0 Å². The van der Waals surface area contributed by atoms with Crippen LogP contribution >= 0.6 is 23.2 Å². The highest BCUT2D eigenvalue weighted by molar-refractivity contribution is 6.42. The number of rotatable bonds is 3. The first-order valence-electron chi connectivity index (χ1n) is 8.37. The van der Waals surface area contributed by atoms with Gasteiger partial charge in [0.05, 0.1) is 28.2 Å². The predicted molar refractivity (Wildman–Crippen MR) is 98.2 cm³/mol. The molecule has 2 aliphatic rings. The highest BCUT2D eigenvalue weighted by atomic mass is 35.5. The van der Waals surface area contributed by atoms with E-state index in [0.29, 0.717) is 15.7 Å². The zero-order valence-electron chi connectivity index (χ0n) is 13.7. The summed E-state index contributed by atoms with van der Waals surface area (Å²) in [4.78, 5) is 17.2. The van der Waals surface area contributed by atoms with Crippen LogP contribution < -0.4 is 5.32 Å². The Bertz CT molecular complexity index is 827. The Labute approximate surface area is 156 Å². The number of carbonyl (C=O) groups excluding carboxylic acids is 1. The number of aromatic nitrogens is 1. The third-order valence-corrected chi connectivity index (χ3v) is 5.81. The third-order valence-electron chi connectivity index (χ3n) is 5.07. The van der Waals surface area contributed by atoms with Gasteiger partial charge in [-0.2, -0.15) is 0 Å². The Morgan fingerprint density at radius 3 is 2.72 bits per heavy atom. The van der Waals surface area contributed by atoms with Gasteiger partial charge in [-0.25, -0.2) is 0 Å². The molecule has 25 heavy (non-hydrogen) atoms. The molecule has 4 rings (SSSR count). The van der Waals surface area contributed by atoms with Crippen LogP contribution in [0.2, 0.25) is 10.0 Å². The summed E-state index contributed by atoms with van der Waals surface area (Å²) in [6.45, 7) is 1.96. The van der Waals surface area contributed by atoms with Gasteiger partial charge in [0.2, 0.25) is 5.91 Å². The Hall–Kier alpha value is -1.62. The van der Waals surface area contributed by atoms with Crippen LogP contribution in [-0.4, -0.2) is 23.1 Å². The lowest BCUT2D eigenvalue weighted by Crippen LogP contribution is -2.36. The number of anilines is 1. The van der Waals surface area contributed by atoms with E-state index in [-0.39, 0.29) is 30.0 Å². The van der Waals surface area contributed by atoms with Gasteiger partial charge in [0.1, 0.15) is 0 Å². The molecular weight excluding hydrogens is 359 g/mol. The maximum absolute atomic E-state index is 13.0. The summed E-state index contributed by atoms with van der Waals surface area (Å²) in [6.07, 6.45) is 3.77. The number of pyridine rings is 1. The van der Waals surface area contributed by atoms with Crippen LogP contribution in [0.4, 0.5) is 5.69 Å². The SMILES string of the molecule is Cc1cc([C@H]2[C@H](C(=O)Nc3ccc(Cl)c(Cl)c3)[C@@H]3CC[C@H]2O3)ccn1. The fraction of sp³-hybridized carbons (Fsp3) is 0.368. The number of carbonyl (C=O) groups is 1. The molecule has 1 amide bonds. The van der Waals surface area contributed by atoms with Gasteiger partial charge >= 0.3 is 0 Å². The number of nitrogens with one attached hydrogen (secondary N) is 1. The molecule has 4 atom stereocenters. The molecule has 0 saturated carbocycles.